The Hall–Kier alpha value is -1.62. The van der Waals surface area contributed by atoms with Crippen molar-refractivity contribution < 1.29 is 13.9 Å². The number of rotatable bonds is 4. The second-order valence-corrected chi connectivity index (χ2v) is 7.32. The van der Waals surface area contributed by atoms with E-state index >= 15 is 0 Å². The van der Waals surface area contributed by atoms with Gasteiger partial charge in [0.1, 0.15) is 5.82 Å². The molecule has 1 aromatic carbocycles. The molecular formula is C19H25FN2O2. The fraction of sp³-hybridized carbons (Fsp3) is 0.632. The van der Waals surface area contributed by atoms with Crippen molar-refractivity contribution in [3.8, 4) is 0 Å². The molecule has 3 atom stereocenters. The third-order valence-electron chi connectivity index (χ3n) is 5.88. The minimum absolute atomic E-state index is 0.148. The molecule has 4 rings (SSSR count). The van der Waals surface area contributed by atoms with Crippen molar-refractivity contribution in [3.63, 3.8) is 0 Å². The zero-order chi connectivity index (χ0) is 16.7. The lowest BCUT2D eigenvalue weighted by Gasteiger charge is -2.32. The zero-order valence-corrected chi connectivity index (χ0v) is 14.1. The Morgan fingerprint density at radius 1 is 1.29 bits per heavy atom. The summed E-state index contributed by atoms with van der Waals surface area (Å²) in [6.07, 6.45) is 3.64. The Morgan fingerprint density at radius 2 is 2.00 bits per heavy atom. The molecule has 5 heteroatoms. The van der Waals surface area contributed by atoms with Crippen LogP contribution >= 0.6 is 0 Å². The van der Waals surface area contributed by atoms with Crippen LogP contribution in [0.1, 0.15) is 37.8 Å². The first-order valence-corrected chi connectivity index (χ1v) is 9.07. The summed E-state index contributed by atoms with van der Waals surface area (Å²) in [5.74, 6) is 1.29. The summed E-state index contributed by atoms with van der Waals surface area (Å²) in [4.78, 5) is 14.8. The quantitative estimate of drug-likeness (QED) is 0.922. The zero-order valence-electron chi connectivity index (χ0n) is 14.1. The first kappa shape index (κ1) is 15.9. The highest BCUT2D eigenvalue weighted by molar-refractivity contribution is 5.83. The van der Waals surface area contributed by atoms with Gasteiger partial charge in [-0.2, -0.15) is 0 Å². The molecule has 1 amide bonds. The minimum Gasteiger partial charge on any atom is -0.378 e. The molecule has 0 spiro atoms. The number of morpholine rings is 1. The van der Waals surface area contributed by atoms with E-state index in [4.69, 9.17) is 4.74 Å². The summed E-state index contributed by atoms with van der Waals surface area (Å²) in [6, 6.07) is 4.69. The monoisotopic (exact) mass is 332 g/mol. The standard InChI is InChI=1S/C19H25FN2O2/c1-12(21-19(23)18-14-3-2-4-15(14)18)16-11-13(20)5-6-17(16)22-7-9-24-10-8-22/h5-6,11-12,14-15,18H,2-4,7-10H2,1H3,(H,21,23)/t12-,14-,15-/m0/s1. The van der Waals surface area contributed by atoms with Crippen molar-refractivity contribution in [2.45, 2.75) is 32.2 Å². The number of benzene rings is 1. The van der Waals surface area contributed by atoms with Crippen LogP contribution in [0.4, 0.5) is 10.1 Å². The van der Waals surface area contributed by atoms with Gasteiger partial charge in [-0.1, -0.05) is 6.42 Å². The van der Waals surface area contributed by atoms with Gasteiger partial charge in [0.15, 0.2) is 0 Å². The van der Waals surface area contributed by atoms with Gasteiger partial charge in [0.05, 0.1) is 19.3 Å². The van der Waals surface area contributed by atoms with E-state index in [1.165, 1.54) is 25.3 Å². The van der Waals surface area contributed by atoms with Crippen LogP contribution in [-0.4, -0.2) is 32.2 Å². The maximum atomic E-state index is 13.8. The van der Waals surface area contributed by atoms with Crippen LogP contribution in [0.5, 0.6) is 0 Å². The average molecular weight is 332 g/mol. The predicted octanol–water partition coefficient (Wildman–Crippen LogP) is 2.89. The van der Waals surface area contributed by atoms with E-state index in [-0.39, 0.29) is 23.7 Å². The lowest BCUT2D eigenvalue weighted by atomic mass is 10.0. The largest absolute Gasteiger partial charge is 0.378 e. The van der Waals surface area contributed by atoms with Crippen molar-refractivity contribution >= 4 is 11.6 Å². The van der Waals surface area contributed by atoms with E-state index < -0.39 is 0 Å². The number of ether oxygens (including phenoxy) is 1. The van der Waals surface area contributed by atoms with Gasteiger partial charge in [-0.3, -0.25) is 4.79 Å². The summed E-state index contributed by atoms with van der Waals surface area (Å²) in [7, 11) is 0. The van der Waals surface area contributed by atoms with Crippen LogP contribution in [-0.2, 0) is 9.53 Å². The molecule has 3 aliphatic rings. The summed E-state index contributed by atoms with van der Waals surface area (Å²) < 4.78 is 19.2. The van der Waals surface area contributed by atoms with E-state index in [2.05, 4.69) is 10.2 Å². The van der Waals surface area contributed by atoms with Gasteiger partial charge < -0.3 is 15.0 Å². The predicted molar refractivity (Wildman–Crippen MR) is 90.3 cm³/mol. The molecule has 1 N–H and O–H groups in total. The molecule has 4 nitrogen and oxygen atoms in total. The number of nitrogens with zero attached hydrogens (tertiary/aromatic N) is 1. The van der Waals surface area contributed by atoms with Crippen LogP contribution in [0, 0.1) is 23.6 Å². The van der Waals surface area contributed by atoms with Crippen LogP contribution < -0.4 is 10.2 Å². The van der Waals surface area contributed by atoms with Crippen molar-refractivity contribution in [2.75, 3.05) is 31.2 Å². The number of hydrogen-bond donors (Lipinski definition) is 1. The van der Waals surface area contributed by atoms with Gasteiger partial charge >= 0.3 is 0 Å². The molecular weight excluding hydrogens is 307 g/mol. The van der Waals surface area contributed by atoms with Gasteiger partial charge in [0.25, 0.3) is 0 Å². The molecule has 1 heterocycles. The minimum atomic E-state index is -0.258. The second-order valence-electron chi connectivity index (χ2n) is 7.32. The number of fused-ring (bicyclic) bond motifs is 1. The van der Waals surface area contributed by atoms with Gasteiger partial charge in [0.2, 0.25) is 5.91 Å². The number of anilines is 1. The Kier molecular flexibility index (Phi) is 4.21. The number of nitrogens with one attached hydrogen (secondary N) is 1. The fourth-order valence-corrected chi connectivity index (χ4v) is 4.56. The Bertz CT molecular complexity index is 620. The van der Waals surface area contributed by atoms with E-state index in [9.17, 15) is 9.18 Å². The summed E-state index contributed by atoms with van der Waals surface area (Å²) >= 11 is 0. The Labute approximate surface area is 142 Å². The molecule has 3 fully saturated rings. The summed E-state index contributed by atoms with van der Waals surface area (Å²) in [6.45, 7) is 4.92. The SMILES string of the molecule is C[C@H](NC(=O)C1[C@H]2CCC[C@H]12)c1cc(F)ccc1N1CCOCC1. The molecule has 24 heavy (non-hydrogen) atoms. The van der Waals surface area contributed by atoms with Crippen molar-refractivity contribution in [1.29, 1.82) is 0 Å². The highest BCUT2D eigenvalue weighted by Crippen LogP contribution is 2.57. The van der Waals surface area contributed by atoms with Crippen LogP contribution in [0.25, 0.3) is 0 Å². The van der Waals surface area contributed by atoms with Crippen molar-refractivity contribution in [1.82, 2.24) is 5.32 Å². The molecule has 2 saturated carbocycles. The molecule has 0 radical (unpaired) electrons. The highest BCUT2D eigenvalue weighted by Gasteiger charge is 2.56. The van der Waals surface area contributed by atoms with E-state index in [1.54, 1.807) is 6.07 Å². The van der Waals surface area contributed by atoms with Gasteiger partial charge in [-0.05, 0) is 49.8 Å². The third-order valence-corrected chi connectivity index (χ3v) is 5.88. The van der Waals surface area contributed by atoms with E-state index in [0.29, 0.717) is 25.0 Å². The second kappa shape index (κ2) is 6.36. The number of carbonyl (C=O) groups excluding carboxylic acids is 1. The molecule has 0 unspecified atom stereocenters. The summed E-state index contributed by atoms with van der Waals surface area (Å²) in [5, 5.41) is 3.13. The third kappa shape index (κ3) is 2.90. The topological polar surface area (TPSA) is 41.6 Å². The lowest BCUT2D eigenvalue weighted by molar-refractivity contribution is -0.123. The van der Waals surface area contributed by atoms with E-state index in [1.807, 2.05) is 13.0 Å². The van der Waals surface area contributed by atoms with Crippen LogP contribution in [0.15, 0.2) is 18.2 Å². The van der Waals surface area contributed by atoms with Gasteiger partial charge in [0, 0.05) is 30.3 Å². The van der Waals surface area contributed by atoms with E-state index in [0.717, 1.165) is 24.3 Å². The van der Waals surface area contributed by atoms with Gasteiger partial charge in [-0.15, -0.1) is 0 Å². The molecule has 1 aliphatic heterocycles. The van der Waals surface area contributed by atoms with Crippen molar-refractivity contribution in [2.24, 2.45) is 17.8 Å². The smallest absolute Gasteiger partial charge is 0.224 e. The molecule has 0 bridgehead atoms. The number of hydrogen-bond acceptors (Lipinski definition) is 3. The highest BCUT2D eigenvalue weighted by atomic mass is 19.1. The normalized spacial score (nSPS) is 29.9. The van der Waals surface area contributed by atoms with Crippen molar-refractivity contribution in [3.05, 3.63) is 29.6 Å². The average Bonchev–Trinajstić information content (AvgIpc) is 3.08. The molecule has 2 aliphatic carbocycles. The molecule has 130 valence electrons. The number of halogens is 1. The fourth-order valence-electron chi connectivity index (χ4n) is 4.56. The molecule has 1 saturated heterocycles. The number of carbonyl (C=O) groups is 1. The molecule has 0 aromatic heterocycles. The Morgan fingerprint density at radius 3 is 2.71 bits per heavy atom. The van der Waals surface area contributed by atoms with Crippen LogP contribution in [0.2, 0.25) is 0 Å². The number of amides is 1. The lowest BCUT2D eigenvalue weighted by Crippen LogP contribution is -2.38. The maximum absolute atomic E-state index is 13.8. The van der Waals surface area contributed by atoms with Gasteiger partial charge in [-0.25, -0.2) is 4.39 Å². The summed E-state index contributed by atoms with van der Waals surface area (Å²) in [5.41, 5.74) is 1.86. The first-order chi connectivity index (χ1) is 11.6. The van der Waals surface area contributed by atoms with Crippen LogP contribution in [0.3, 0.4) is 0 Å². The Balaban J connectivity index is 1.49. The maximum Gasteiger partial charge on any atom is 0.224 e. The first-order valence-electron chi connectivity index (χ1n) is 9.07. The molecule has 1 aromatic rings.